The second kappa shape index (κ2) is 8.20. The van der Waals surface area contributed by atoms with Gasteiger partial charge in [-0.05, 0) is 42.0 Å². The molecule has 33 heavy (non-hydrogen) atoms. The number of aromatic nitrogens is 1. The predicted molar refractivity (Wildman–Crippen MR) is 127 cm³/mol. The number of benzene rings is 2. The number of nitrogens with zero attached hydrogens (tertiary/aromatic N) is 3. The van der Waals surface area contributed by atoms with E-state index in [1.165, 1.54) is 16.9 Å². The van der Waals surface area contributed by atoms with Crippen LogP contribution in [0.25, 0.3) is 21.1 Å². The van der Waals surface area contributed by atoms with Crippen LogP contribution >= 0.6 is 11.3 Å². The molecule has 8 heteroatoms. The van der Waals surface area contributed by atoms with Gasteiger partial charge in [-0.25, -0.2) is 4.98 Å². The highest BCUT2D eigenvalue weighted by Gasteiger charge is 2.24. The van der Waals surface area contributed by atoms with E-state index in [1.54, 1.807) is 7.11 Å². The van der Waals surface area contributed by atoms with Crippen LogP contribution in [0.5, 0.6) is 17.2 Å². The molecule has 0 radical (unpaired) electrons. The molecule has 6 rings (SSSR count). The van der Waals surface area contributed by atoms with Crippen molar-refractivity contribution >= 4 is 38.4 Å². The number of carbonyl (C=O) groups excluding carboxylic acids is 1. The van der Waals surface area contributed by atoms with E-state index in [2.05, 4.69) is 17.0 Å². The Bertz CT molecular complexity index is 1360. The Kier molecular flexibility index (Phi) is 5.04. The largest absolute Gasteiger partial charge is 0.497 e. The molecule has 2 aromatic heterocycles. The van der Waals surface area contributed by atoms with E-state index >= 15 is 0 Å². The fourth-order valence-corrected chi connectivity index (χ4v) is 5.39. The molecule has 0 spiro atoms. The van der Waals surface area contributed by atoms with Crippen molar-refractivity contribution in [1.82, 2.24) is 14.8 Å². The standard InChI is InChI=1S/C25H23N3O4S/c1-30-19-4-3-17-11-18-12-23(33-24(18)26-20(17)13-19)25(29)28-8-6-27(7-9-28)14-16-2-5-21-22(10-16)32-15-31-21/h2-5,10-13H,6-9,14-15H2,1H3. The first-order valence-corrected chi connectivity index (χ1v) is 11.8. The smallest absolute Gasteiger partial charge is 0.264 e. The lowest BCUT2D eigenvalue weighted by molar-refractivity contribution is 0.0633. The van der Waals surface area contributed by atoms with Gasteiger partial charge in [0.25, 0.3) is 5.91 Å². The minimum atomic E-state index is 0.0855. The second-order valence-electron chi connectivity index (χ2n) is 8.31. The molecule has 0 N–H and O–H groups in total. The number of hydrogen-bond donors (Lipinski definition) is 0. The molecule has 2 aliphatic rings. The average Bonchev–Trinajstić information content (AvgIpc) is 3.48. The Morgan fingerprint density at radius 3 is 2.70 bits per heavy atom. The topological polar surface area (TPSA) is 64.1 Å². The van der Waals surface area contributed by atoms with Crippen LogP contribution in [0.1, 0.15) is 15.2 Å². The molecule has 0 atom stereocenters. The van der Waals surface area contributed by atoms with Gasteiger partial charge in [0.1, 0.15) is 10.6 Å². The van der Waals surface area contributed by atoms with Crippen LogP contribution in [0.4, 0.5) is 0 Å². The number of thiophene rings is 1. The van der Waals surface area contributed by atoms with Gasteiger partial charge >= 0.3 is 0 Å². The predicted octanol–water partition coefficient (Wildman–Crippen LogP) is 4.14. The Labute approximate surface area is 195 Å². The molecular weight excluding hydrogens is 438 g/mol. The van der Waals surface area contributed by atoms with E-state index in [1.807, 2.05) is 41.3 Å². The maximum atomic E-state index is 13.2. The van der Waals surface area contributed by atoms with Gasteiger partial charge in [0.15, 0.2) is 11.5 Å². The average molecular weight is 462 g/mol. The van der Waals surface area contributed by atoms with Crippen LogP contribution in [0, 0.1) is 0 Å². The van der Waals surface area contributed by atoms with Gasteiger partial charge in [0.2, 0.25) is 6.79 Å². The zero-order valence-electron chi connectivity index (χ0n) is 18.2. The van der Waals surface area contributed by atoms with Gasteiger partial charge < -0.3 is 19.1 Å². The van der Waals surface area contributed by atoms with E-state index in [0.717, 1.165) is 62.9 Å². The van der Waals surface area contributed by atoms with Gasteiger partial charge in [0, 0.05) is 49.6 Å². The lowest BCUT2D eigenvalue weighted by Crippen LogP contribution is -2.48. The number of carbonyl (C=O) groups is 1. The number of amides is 1. The summed E-state index contributed by atoms with van der Waals surface area (Å²) in [5.41, 5.74) is 2.07. The molecule has 1 fully saturated rings. The molecule has 2 aliphatic heterocycles. The Morgan fingerprint density at radius 2 is 1.85 bits per heavy atom. The van der Waals surface area contributed by atoms with Gasteiger partial charge in [-0.2, -0.15) is 0 Å². The van der Waals surface area contributed by atoms with Crippen molar-refractivity contribution in [3.63, 3.8) is 0 Å². The van der Waals surface area contributed by atoms with Gasteiger partial charge in [-0.3, -0.25) is 9.69 Å². The first kappa shape index (κ1) is 20.3. The highest BCUT2D eigenvalue weighted by Crippen LogP contribution is 2.33. The fraction of sp³-hybridized carbons (Fsp3) is 0.280. The number of fused-ring (bicyclic) bond motifs is 3. The van der Waals surface area contributed by atoms with Crippen molar-refractivity contribution in [2.24, 2.45) is 0 Å². The molecule has 168 valence electrons. The monoisotopic (exact) mass is 461 g/mol. The third kappa shape index (κ3) is 3.85. The number of piperazine rings is 1. The van der Waals surface area contributed by atoms with Gasteiger partial charge in [0.05, 0.1) is 17.5 Å². The van der Waals surface area contributed by atoms with Crippen molar-refractivity contribution in [3.05, 3.63) is 59.0 Å². The summed E-state index contributed by atoms with van der Waals surface area (Å²) in [7, 11) is 1.65. The van der Waals surface area contributed by atoms with Gasteiger partial charge in [-0.15, -0.1) is 11.3 Å². The van der Waals surface area contributed by atoms with E-state index in [0.29, 0.717) is 13.1 Å². The van der Waals surface area contributed by atoms with Gasteiger partial charge in [-0.1, -0.05) is 6.07 Å². The quantitative estimate of drug-likeness (QED) is 0.455. The van der Waals surface area contributed by atoms with Crippen molar-refractivity contribution in [3.8, 4) is 17.2 Å². The number of ether oxygens (including phenoxy) is 3. The molecule has 7 nitrogen and oxygen atoms in total. The summed E-state index contributed by atoms with van der Waals surface area (Å²) in [4.78, 5) is 23.9. The van der Waals surface area contributed by atoms with E-state index < -0.39 is 0 Å². The summed E-state index contributed by atoms with van der Waals surface area (Å²) in [6.07, 6.45) is 0. The minimum absolute atomic E-state index is 0.0855. The Balaban J connectivity index is 1.14. The number of methoxy groups -OCH3 is 1. The number of pyridine rings is 1. The lowest BCUT2D eigenvalue weighted by atomic mass is 10.1. The number of rotatable bonds is 4. The third-order valence-corrected chi connectivity index (χ3v) is 7.26. The molecule has 1 amide bonds. The van der Waals surface area contributed by atoms with Crippen molar-refractivity contribution in [1.29, 1.82) is 0 Å². The molecule has 0 saturated carbocycles. The maximum Gasteiger partial charge on any atom is 0.264 e. The summed E-state index contributed by atoms with van der Waals surface area (Å²) < 4.78 is 16.2. The minimum Gasteiger partial charge on any atom is -0.497 e. The van der Waals surface area contributed by atoms with Crippen LogP contribution in [0.15, 0.2) is 48.5 Å². The van der Waals surface area contributed by atoms with Crippen LogP contribution in [-0.4, -0.2) is 60.8 Å². The van der Waals surface area contributed by atoms with Crippen LogP contribution in [0.2, 0.25) is 0 Å². The maximum absolute atomic E-state index is 13.2. The summed E-state index contributed by atoms with van der Waals surface area (Å²) >= 11 is 1.46. The fourth-order valence-electron chi connectivity index (χ4n) is 4.40. The molecule has 0 bridgehead atoms. The second-order valence-corrected chi connectivity index (χ2v) is 9.34. The zero-order valence-corrected chi connectivity index (χ0v) is 19.1. The highest BCUT2D eigenvalue weighted by atomic mass is 32.1. The summed E-state index contributed by atoms with van der Waals surface area (Å²) in [5, 5.41) is 2.04. The normalized spacial score (nSPS) is 16.0. The lowest BCUT2D eigenvalue weighted by Gasteiger charge is -2.34. The summed E-state index contributed by atoms with van der Waals surface area (Å²) in [5.74, 6) is 2.48. The van der Waals surface area contributed by atoms with Crippen LogP contribution in [-0.2, 0) is 6.54 Å². The molecule has 0 aliphatic carbocycles. The Morgan fingerprint density at radius 1 is 1.00 bits per heavy atom. The van der Waals surface area contributed by atoms with E-state index in [4.69, 9.17) is 19.2 Å². The molecular formula is C25H23N3O4S. The highest BCUT2D eigenvalue weighted by molar-refractivity contribution is 7.20. The first-order chi connectivity index (χ1) is 16.2. The van der Waals surface area contributed by atoms with Crippen molar-refractivity contribution < 1.29 is 19.0 Å². The molecule has 2 aromatic carbocycles. The molecule has 0 unspecified atom stereocenters. The van der Waals surface area contributed by atoms with E-state index in [9.17, 15) is 4.79 Å². The van der Waals surface area contributed by atoms with Crippen molar-refractivity contribution in [2.75, 3.05) is 40.1 Å². The molecule has 4 aromatic rings. The van der Waals surface area contributed by atoms with E-state index in [-0.39, 0.29) is 12.7 Å². The number of hydrogen-bond acceptors (Lipinski definition) is 7. The molecule has 1 saturated heterocycles. The van der Waals surface area contributed by atoms with Crippen LogP contribution in [0.3, 0.4) is 0 Å². The third-order valence-electron chi connectivity index (χ3n) is 6.22. The van der Waals surface area contributed by atoms with Crippen LogP contribution < -0.4 is 14.2 Å². The van der Waals surface area contributed by atoms with Crippen molar-refractivity contribution in [2.45, 2.75) is 6.54 Å². The first-order valence-electron chi connectivity index (χ1n) is 10.9. The SMILES string of the molecule is COc1ccc2cc3cc(C(=O)N4CCN(Cc5ccc6c(c5)OCO6)CC4)sc3nc2c1. The Hall–Kier alpha value is -3.36. The summed E-state index contributed by atoms with van der Waals surface area (Å²) in [6.45, 7) is 4.23. The molecule has 4 heterocycles. The summed E-state index contributed by atoms with van der Waals surface area (Å²) in [6, 6.07) is 16.0. The zero-order chi connectivity index (χ0) is 22.4.